The maximum atomic E-state index is 10.6. The number of nitrogens with zero attached hydrogens (tertiary/aromatic N) is 1. The summed E-state index contributed by atoms with van der Waals surface area (Å²) in [6.45, 7) is 1.60. The molecule has 1 atom stereocenters. The van der Waals surface area contributed by atoms with Gasteiger partial charge in [0.1, 0.15) is 0 Å². The van der Waals surface area contributed by atoms with E-state index in [1.54, 1.807) is 6.92 Å². The molecule has 0 aliphatic carbocycles. The van der Waals surface area contributed by atoms with Crippen molar-refractivity contribution in [1.82, 2.24) is 4.98 Å². The predicted octanol–water partition coefficient (Wildman–Crippen LogP) is 1.53. The highest BCUT2D eigenvalue weighted by Crippen LogP contribution is 2.31. The Kier molecular flexibility index (Phi) is 2.93. The average Bonchev–Trinajstić information content (AvgIpc) is 2.59. The molecule has 0 aliphatic rings. The van der Waals surface area contributed by atoms with Crippen LogP contribution in [0.3, 0.4) is 0 Å². The van der Waals surface area contributed by atoms with Crippen molar-refractivity contribution in [2.75, 3.05) is 0 Å². The summed E-state index contributed by atoms with van der Waals surface area (Å²) < 4.78 is 1.85. The third-order valence-electron chi connectivity index (χ3n) is 1.88. The Bertz CT molecular complexity index is 462. The molecule has 15 heavy (non-hydrogen) atoms. The number of carboxylic acid groups (broad SMARTS) is 1. The Labute approximate surface area is 95.1 Å². The summed E-state index contributed by atoms with van der Waals surface area (Å²) in [5.74, 6) is -1.06. The van der Waals surface area contributed by atoms with Gasteiger partial charge in [0, 0.05) is 5.25 Å². The molecule has 2 rings (SSSR count). The van der Waals surface area contributed by atoms with E-state index in [9.17, 15) is 9.90 Å². The highest BCUT2D eigenvalue weighted by atomic mass is 32.2. The van der Waals surface area contributed by atoms with Crippen molar-refractivity contribution in [2.45, 2.75) is 16.5 Å². The number of carbonyl (C=O) groups is 1. The smallest absolute Gasteiger partial charge is 0.151 e. The minimum absolute atomic E-state index is 0.564. The van der Waals surface area contributed by atoms with Gasteiger partial charge in [0.25, 0.3) is 0 Å². The number of carbonyl (C=O) groups excluding carboxylic acids is 1. The summed E-state index contributed by atoms with van der Waals surface area (Å²) >= 11 is 2.73. The van der Waals surface area contributed by atoms with Crippen molar-refractivity contribution in [3.63, 3.8) is 0 Å². The van der Waals surface area contributed by atoms with Crippen molar-refractivity contribution >= 4 is 39.3 Å². The van der Waals surface area contributed by atoms with E-state index >= 15 is 0 Å². The molecule has 78 valence electrons. The third-order valence-corrected chi connectivity index (χ3v) is 4.09. The number of fused-ring (bicyclic) bond motifs is 1. The van der Waals surface area contributed by atoms with Crippen LogP contribution in [0.5, 0.6) is 0 Å². The first kappa shape index (κ1) is 10.4. The average molecular weight is 238 g/mol. The lowest BCUT2D eigenvalue weighted by molar-refractivity contribution is -0.304. The predicted molar refractivity (Wildman–Crippen MR) is 59.9 cm³/mol. The van der Waals surface area contributed by atoms with Crippen LogP contribution in [0.25, 0.3) is 10.2 Å². The van der Waals surface area contributed by atoms with Gasteiger partial charge in [-0.05, 0) is 19.1 Å². The molecule has 1 aromatic heterocycles. The first-order chi connectivity index (χ1) is 7.16. The van der Waals surface area contributed by atoms with Crippen LogP contribution >= 0.6 is 23.1 Å². The molecule has 1 unspecified atom stereocenters. The molecule has 1 aromatic carbocycles. The molecule has 1 heterocycles. The molecule has 2 aromatic rings. The van der Waals surface area contributed by atoms with Gasteiger partial charge in [-0.3, -0.25) is 0 Å². The first-order valence-corrected chi connectivity index (χ1v) is 6.09. The van der Waals surface area contributed by atoms with Gasteiger partial charge in [-0.15, -0.1) is 11.3 Å². The van der Waals surface area contributed by atoms with Crippen LogP contribution < -0.4 is 5.11 Å². The summed E-state index contributed by atoms with van der Waals surface area (Å²) in [6.07, 6.45) is 0. The molecule has 3 nitrogen and oxygen atoms in total. The number of carboxylic acids is 1. The zero-order valence-corrected chi connectivity index (χ0v) is 9.60. The molecule has 0 spiro atoms. The fraction of sp³-hybridized carbons (Fsp3) is 0.200. The Morgan fingerprint density at radius 3 is 2.93 bits per heavy atom. The van der Waals surface area contributed by atoms with Gasteiger partial charge in [0.05, 0.1) is 16.2 Å². The van der Waals surface area contributed by atoms with E-state index in [4.69, 9.17) is 0 Å². The third kappa shape index (κ3) is 2.30. The maximum absolute atomic E-state index is 10.6. The normalized spacial score (nSPS) is 12.9. The van der Waals surface area contributed by atoms with E-state index in [0.29, 0.717) is 0 Å². The molecule has 0 aliphatic heterocycles. The Morgan fingerprint density at radius 2 is 2.27 bits per heavy atom. The standard InChI is InChI=1S/C10H9NO2S2/c1-6(9(12)13)14-10-11-7-4-2-3-5-8(7)15-10/h2-6H,1H3,(H,12,13)/p-1. The second-order valence-corrected chi connectivity index (χ2v) is 5.65. The minimum Gasteiger partial charge on any atom is -0.549 e. The zero-order valence-electron chi connectivity index (χ0n) is 7.97. The molecule has 0 N–H and O–H groups in total. The Morgan fingerprint density at radius 1 is 1.53 bits per heavy atom. The molecular formula is C10H8NO2S2-. The molecule has 5 heteroatoms. The number of hydrogen-bond acceptors (Lipinski definition) is 5. The van der Waals surface area contributed by atoms with Crippen LogP contribution in [0.2, 0.25) is 0 Å². The van der Waals surface area contributed by atoms with E-state index in [1.165, 1.54) is 23.1 Å². The summed E-state index contributed by atoms with van der Waals surface area (Å²) in [5, 5.41) is 10.00. The molecule has 0 bridgehead atoms. The van der Waals surface area contributed by atoms with Crippen molar-refractivity contribution in [1.29, 1.82) is 0 Å². The second-order valence-electron chi connectivity index (χ2n) is 3.03. The van der Waals surface area contributed by atoms with Crippen LogP contribution in [-0.4, -0.2) is 16.2 Å². The monoisotopic (exact) mass is 238 g/mol. The van der Waals surface area contributed by atoms with Gasteiger partial charge in [-0.25, -0.2) is 4.98 Å². The van der Waals surface area contributed by atoms with E-state index in [1.807, 2.05) is 24.3 Å². The van der Waals surface area contributed by atoms with Crippen LogP contribution in [0.15, 0.2) is 28.6 Å². The topological polar surface area (TPSA) is 53.0 Å². The number of aromatic nitrogens is 1. The van der Waals surface area contributed by atoms with Crippen molar-refractivity contribution in [2.24, 2.45) is 0 Å². The highest BCUT2D eigenvalue weighted by molar-refractivity contribution is 8.02. The zero-order chi connectivity index (χ0) is 10.8. The lowest BCUT2D eigenvalue weighted by Gasteiger charge is -2.08. The van der Waals surface area contributed by atoms with Gasteiger partial charge in [-0.2, -0.15) is 0 Å². The molecular weight excluding hydrogens is 230 g/mol. The van der Waals surface area contributed by atoms with Crippen molar-refractivity contribution < 1.29 is 9.90 Å². The fourth-order valence-corrected chi connectivity index (χ4v) is 3.24. The van der Waals surface area contributed by atoms with E-state index in [0.717, 1.165) is 14.6 Å². The van der Waals surface area contributed by atoms with Crippen molar-refractivity contribution in [3.05, 3.63) is 24.3 Å². The lowest BCUT2D eigenvalue weighted by atomic mass is 10.3. The summed E-state index contributed by atoms with van der Waals surface area (Å²) in [7, 11) is 0. The first-order valence-electron chi connectivity index (χ1n) is 4.40. The Hall–Kier alpha value is -1.07. The van der Waals surface area contributed by atoms with Crippen LogP contribution in [0.4, 0.5) is 0 Å². The fourth-order valence-electron chi connectivity index (χ4n) is 1.10. The van der Waals surface area contributed by atoms with Gasteiger partial charge in [0.15, 0.2) is 4.34 Å². The van der Waals surface area contributed by atoms with E-state index in [2.05, 4.69) is 4.98 Å². The molecule has 0 radical (unpaired) electrons. The SMILES string of the molecule is CC(Sc1nc2ccccc2s1)C(=O)[O-]. The number of benzene rings is 1. The second kappa shape index (κ2) is 4.20. The number of thiazole rings is 1. The number of aliphatic carboxylic acids is 1. The van der Waals surface area contributed by atoms with E-state index < -0.39 is 11.2 Å². The molecule has 0 saturated carbocycles. The van der Waals surface area contributed by atoms with Crippen LogP contribution in [0.1, 0.15) is 6.92 Å². The minimum atomic E-state index is -1.06. The van der Waals surface area contributed by atoms with E-state index in [-0.39, 0.29) is 0 Å². The quantitative estimate of drug-likeness (QED) is 0.761. The highest BCUT2D eigenvalue weighted by Gasteiger charge is 2.09. The molecule has 0 amide bonds. The molecule has 0 fully saturated rings. The number of rotatable bonds is 3. The van der Waals surface area contributed by atoms with Crippen molar-refractivity contribution in [3.8, 4) is 0 Å². The number of para-hydroxylation sites is 1. The number of hydrogen-bond donors (Lipinski definition) is 0. The molecule has 0 saturated heterocycles. The maximum Gasteiger partial charge on any atom is 0.151 e. The summed E-state index contributed by atoms with van der Waals surface area (Å²) in [5.41, 5.74) is 0.913. The van der Waals surface area contributed by atoms with Gasteiger partial charge in [-0.1, -0.05) is 23.9 Å². The summed E-state index contributed by atoms with van der Waals surface area (Å²) in [6, 6.07) is 7.75. The van der Waals surface area contributed by atoms with Crippen LogP contribution in [0, 0.1) is 0 Å². The van der Waals surface area contributed by atoms with Gasteiger partial charge in [0.2, 0.25) is 0 Å². The van der Waals surface area contributed by atoms with Gasteiger partial charge < -0.3 is 9.90 Å². The number of thioether (sulfide) groups is 1. The largest absolute Gasteiger partial charge is 0.549 e. The Balaban J connectivity index is 2.26. The lowest BCUT2D eigenvalue weighted by Crippen LogP contribution is -2.31. The van der Waals surface area contributed by atoms with Gasteiger partial charge >= 0.3 is 0 Å². The summed E-state index contributed by atoms with van der Waals surface area (Å²) in [4.78, 5) is 14.9. The van der Waals surface area contributed by atoms with Crippen LogP contribution in [-0.2, 0) is 4.79 Å².